The van der Waals surface area contributed by atoms with E-state index in [0.29, 0.717) is 17.8 Å². The lowest BCUT2D eigenvalue weighted by molar-refractivity contribution is 0.0950. The molecule has 2 aromatic carbocycles. The molecule has 0 heterocycles. The Morgan fingerprint density at radius 1 is 1.12 bits per heavy atom. The second-order valence-electron chi connectivity index (χ2n) is 5.90. The average molecular weight is 398 g/mol. The highest BCUT2D eigenvalue weighted by molar-refractivity contribution is 7.92. The van der Waals surface area contributed by atoms with Crippen LogP contribution >= 0.6 is 12.4 Å². The fraction of sp³-hybridized carbons (Fsp3) is 0.278. The Hall–Kier alpha value is -2.09. The van der Waals surface area contributed by atoms with Crippen molar-refractivity contribution in [1.82, 2.24) is 10.6 Å². The molecule has 0 fully saturated rings. The van der Waals surface area contributed by atoms with Gasteiger partial charge >= 0.3 is 0 Å². The number of sulfonamides is 1. The number of halogens is 1. The molecule has 0 radical (unpaired) electrons. The van der Waals surface area contributed by atoms with E-state index in [9.17, 15) is 13.2 Å². The predicted molar refractivity (Wildman–Crippen MR) is 107 cm³/mol. The van der Waals surface area contributed by atoms with E-state index >= 15 is 0 Å². The summed E-state index contributed by atoms with van der Waals surface area (Å²) in [7, 11) is -1.95. The van der Waals surface area contributed by atoms with Crippen molar-refractivity contribution in [1.29, 1.82) is 0 Å². The first-order valence-electron chi connectivity index (χ1n) is 7.97. The van der Waals surface area contributed by atoms with Crippen molar-refractivity contribution in [2.24, 2.45) is 0 Å². The molecule has 6 nitrogen and oxygen atoms in total. The van der Waals surface area contributed by atoms with Gasteiger partial charge in [-0.3, -0.25) is 9.52 Å². The smallest absolute Gasteiger partial charge is 0.261 e. The fourth-order valence-corrected chi connectivity index (χ4v) is 3.19. The first-order valence-corrected chi connectivity index (χ1v) is 9.45. The normalized spacial score (nSPS) is 12.0. The number of amides is 1. The lowest BCUT2D eigenvalue weighted by Crippen LogP contribution is -2.37. The average Bonchev–Trinajstić information content (AvgIpc) is 2.61. The number of aryl methyl sites for hydroxylation is 1. The second kappa shape index (κ2) is 9.56. The van der Waals surface area contributed by atoms with Crippen molar-refractivity contribution in [3.63, 3.8) is 0 Å². The summed E-state index contributed by atoms with van der Waals surface area (Å²) >= 11 is 0. The fourth-order valence-electron chi connectivity index (χ4n) is 2.09. The molecule has 2 aromatic rings. The van der Waals surface area contributed by atoms with E-state index in [4.69, 9.17) is 0 Å². The highest BCUT2D eigenvalue weighted by Gasteiger charge is 2.16. The van der Waals surface area contributed by atoms with Gasteiger partial charge in [0.05, 0.1) is 4.90 Å². The summed E-state index contributed by atoms with van der Waals surface area (Å²) in [5.41, 5.74) is 1.82. The minimum absolute atomic E-state index is 0. The number of rotatable bonds is 7. The first-order chi connectivity index (χ1) is 11.8. The van der Waals surface area contributed by atoms with Crippen molar-refractivity contribution < 1.29 is 13.2 Å². The molecule has 0 aliphatic carbocycles. The highest BCUT2D eigenvalue weighted by atomic mass is 35.5. The highest BCUT2D eigenvalue weighted by Crippen LogP contribution is 2.17. The summed E-state index contributed by atoms with van der Waals surface area (Å²) in [6.45, 7) is 4.32. The molecule has 0 spiro atoms. The maximum atomic E-state index is 12.5. The van der Waals surface area contributed by atoms with Gasteiger partial charge in [0.25, 0.3) is 15.9 Å². The van der Waals surface area contributed by atoms with Crippen LogP contribution in [0, 0.1) is 6.92 Å². The zero-order valence-electron chi connectivity index (χ0n) is 14.9. The van der Waals surface area contributed by atoms with E-state index in [1.54, 1.807) is 31.3 Å². The molecule has 3 N–H and O–H groups in total. The minimum Gasteiger partial charge on any atom is -0.350 e. The molecule has 0 saturated heterocycles. The van der Waals surface area contributed by atoms with E-state index in [1.165, 1.54) is 12.1 Å². The van der Waals surface area contributed by atoms with Crippen LogP contribution in [0.15, 0.2) is 53.4 Å². The van der Waals surface area contributed by atoms with Crippen molar-refractivity contribution in [2.45, 2.75) is 24.8 Å². The Morgan fingerprint density at radius 2 is 1.77 bits per heavy atom. The minimum atomic E-state index is -3.76. The lowest BCUT2D eigenvalue weighted by atomic mass is 10.2. The first kappa shape index (κ1) is 22.0. The molecule has 142 valence electrons. The molecule has 2 rings (SSSR count). The Bertz CT molecular complexity index is 839. The quantitative estimate of drug-likeness (QED) is 0.670. The van der Waals surface area contributed by atoms with Crippen molar-refractivity contribution in [2.75, 3.05) is 18.3 Å². The molecule has 1 atom stereocenters. The summed E-state index contributed by atoms with van der Waals surface area (Å²) in [5, 5.41) is 5.79. The summed E-state index contributed by atoms with van der Waals surface area (Å²) in [6, 6.07) is 13.1. The SMILES string of the molecule is CNC(C)CNC(=O)c1cccc(S(=O)(=O)Nc2ccc(C)cc2)c1.Cl. The van der Waals surface area contributed by atoms with E-state index < -0.39 is 10.0 Å². The van der Waals surface area contributed by atoms with Gasteiger partial charge in [-0.1, -0.05) is 23.8 Å². The molecule has 0 bridgehead atoms. The molecule has 0 aliphatic rings. The molecule has 1 unspecified atom stereocenters. The van der Waals surface area contributed by atoms with Gasteiger partial charge in [0.15, 0.2) is 0 Å². The zero-order chi connectivity index (χ0) is 18.4. The monoisotopic (exact) mass is 397 g/mol. The van der Waals surface area contributed by atoms with Gasteiger partial charge in [0.1, 0.15) is 0 Å². The summed E-state index contributed by atoms with van der Waals surface area (Å²) < 4.78 is 27.6. The molecular weight excluding hydrogens is 374 g/mol. The number of hydrogen-bond acceptors (Lipinski definition) is 4. The van der Waals surface area contributed by atoms with Crippen molar-refractivity contribution >= 4 is 34.0 Å². The van der Waals surface area contributed by atoms with Crippen LogP contribution in [-0.2, 0) is 10.0 Å². The Balaban J connectivity index is 0.00000338. The van der Waals surface area contributed by atoms with E-state index in [-0.39, 0.29) is 29.3 Å². The van der Waals surface area contributed by atoms with Gasteiger partial charge in [0.2, 0.25) is 0 Å². The van der Waals surface area contributed by atoms with Crippen molar-refractivity contribution in [3.8, 4) is 0 Å². The van der Waals surface area contributed by atoms with Crippen LogP contribution in [0.1, 0.15) is 22.8 Å². The van der Waals surface area contributed by atoms with E-state index in [0.717, 1.165) is 5.56 Å². The summed E-state index contributed by atoms with van der Waals surface area (Å²) in [5.74, 6) is -0.311. The van der Waals surface area contributed by atoms with Gasteiger partial charge in [0, 0.05) is 23.8 Å². The number of nitrogens with one attached hydrogen (secondary N) is 3. The third-order valence-corrected chi connectivity index (χ3v) is 5.15. The van der Waals surface area contributed by atoms with Crippen LogP contribution in [0.3, 0.4) is 0 Å². The van der Waals surface area contributed by atoms with Crippen LogP contribution in [0.5, 0.6) is 0 Å². The van der Waals surface area contributed by atoms with E-state index in [1.807, 2.05) is 26.0 Å². The number of likely N-dealkylation sites (N-methyl/N-ethyl adjacent to an activating group) is 1. The predicted octanol–water partition coefficient (Wildman–Crippen LogP) is 2.56. The molecule has 8 heteroatoms. The van der Waals surface area contributed by atoms with Crippen LogP contribution in [0.25, 0.3) is 0 Å². The van der Waals surface area contributed by atoms with Gasteiger partial charge in [-0.15, -0.1) is 12.4 Å². The zero-order valence-corrected chi connectivity index (χ0v) is 16.6. The van der Waals surface area contributed by atoms with E-state index in [2.05, 4.69) is 15.4 Å². The van der Waals surface area contributed by atoms with Crippen LogP contribution in [-0.4, -0.2) is 34.0 Å². The molecule has 0 saturated carbocycles. The van der Waals surface area contributed by atoms with Gasteiger partial charge < -0.3 is 10.6 Å². The summed E-state index contributed by atoms with van der Waals surface area (Å²) in [6.07, 6.45) is 0. The number of benzene rings is 2. The van der Waals surface area contributed by atoms with Gasteiger partial charge in [-0.2, -0.15) is 0 Å². The number of hydrogen-bond donors (Lipinski definition) is 3. The van der Waals surface area contributed by atoms with Crippen LogP contribution in [0.4, 0.5) is 5.69 Å². The Morgan fingerprint density at radius 3 is 2.38 bits per heavy atom. The largest absolute Gasteiger partial charge is 0.350 e. The molecule has 1 amide bonds. The number of carbonyl (C=O) groups is 1. The van der Waals surface area contributed by atoms with Crippen molar-refractivity contribution in [3.05, 3.63) is 59.7 Å². The molecule has 26 heavy (non-hydrogen) atoms. The molecular formula is C18H24ClN3O3S. The maximum Gasteiger partial charge on any atom is 0.261 e. The Kier molecular flexibility index (Phi) is 8.08. The van der Waals surface area contributed by atoms with Gasteiger partial charge in [-0.25, -0.2) is 8.42 Å². The molecule has 0 aliphatic heterocycles. The maximum absolute atomic E-state index is 12.5. The lowest BCUT2D eigenvalue weighted by Gasteiger charge is -2.12. The second-order valence-corrected chi connectivity index (χ2v) is 7.58. The Labute approximate surface area is 160 Å². The molecule has 0 aromatic heterocycles. The third kappa shape index (κ3) is 6.01. The van der Waals surface area contributed by atoms with Gasteiger partial charge in [-0.05, 0) is 51.2 Å². The topological polar surface area (TPSA) is 87.3 Å². The summed E-state index contributed by atoms with van der Waals surface area (Å²) in [4.78, 5) is 12.2. The number of anilines is 1. The standard InChI is InChI=1S/C18H23N3O3S.ClH/c1-13-7-9-16(10-8-13)21-25(23,24)17-6-4-5-15(11-17)18(22)20-12-14(2)19-3;/h4-11,14,19,21H,12H2,1-3H3,(H,20,22);1H. The third-order valence-electron chi connectivity index (χ3n) is 3.77. The van der Waals surface area contributed by atoms with Crippen LogP contribution in [0.2, 0.25) is 0 Å². The van der Waals surface area contributed by atoms with Crippen LogP contribution < -0.4 is 15.4 Å². The number of carbonyl (C=O) groups excluding carboxylic acids is 1.